The van der Waals surface area contributed by atoms with Gasteiger partial charge in [0.1, 0.15) is 5.76 Å². The molecule has 28 heavy (non-hydrogen) atoms. The van der Waals surface area contributed by atoms with E-state index in [1.54, 1.807) is 6.21 Å². The Labute approximate surface area is 181 Å². The van der Waals surface area contributed by atoms with Crippen LogP contribution in [0.2, 0.25) is 5.02 Å². The largest absolute Gasteiger partial charge is 0.447 e. The van der Waals surface area contributed by atoms with Crippen molar-refractivity contribution in [1.29, 1.82) is 0 Å². The van der Waals surface area contributed by atoms with Crippen LogP contribution < -0.4 is 0 Å². The molecule has 2 nitrogen and oxygen atoms in total. The van der Waals surface area contributed by atoms with Gasteiger partial charge in [-0.15, -0.1) is 0 Å². The van der Waals surface area contributed by atoms with E-state index in [0.717, 1.165) is 20.1 Å². The van der Waals surface area contributed by atoms with Crippen molar-refractivity contribution >= 4 is 51.2 Å². The Kier molecular flexibility index (Phi) is 6.01. The minimum atomic E-state index is 0.690. The predicted molar refractivity (Wildman–Crippen MR) is 121 cm³/mol. The van der Waals surface area contributed by atoms with Crippen molar-refractivity contribution < 1.29 is 4.42 Å². The van der Waals surface area contributed by atoms with Crippen molar-refractivity contribution in [1.82, 2.24) is 0 Å². The lowest BCUT2D eigenvalue weighted by molar-refractivity contribution is 0.466. The third-order valence-electron chi connectivity index (χ3n) is 4.01. The predicted octanol–water partition coefficient (Wildman–Crippen LogP) is 8.26. The first-order chi connectivity index (χ1) is 13.7. The highest BCUT2D eigenvalue weighted by atomic mass is 79.9. The van der Waals surface area contributed by atoms with Gasteiger partial charge in [0.15, 0.2) is 5.09 Å². The molecule has 0 amide bonds. The Morgan fingerprint density at radius 1 is 0.857 bits per heavy atom. The van der Waals surface area contributed by atoms with Gasteiger partial charge in [-0.3, -0.25) is 4.99 Å². The molecule has 0 aliphatic heterocycles. The molecule has 0 radical (unpaired) electrons. The molecule has 4 aromatic rings. The summed E-state index contributed by atoms with van der Waals surface area (Å²) in [5.74, 6) is 0.690. The lowest BCUT2D eigenvalue weighted by atomic mass is 10.1. The van der Waals surface area contributed by atoms with E-state index in [0.29, 0.717) is 10.8 Å². The van der Waals surface area contributed by atoms with Crippen molar-refractivity contribution in [3.05, 3.63) is 100 Å². The summed E-state index contributed by atoms with van der Waals surface area (Å²) in [5.41, 5.74) is 3.23. The van der Waals surface area contributed by atoms with Crippen LogP contribution >= 0.6 is 39.3 Å². The second kappa shape index (κ2) is 8.82. The van der Waals surface area contributed by atoms with Crippen LogP contribution in [-0.4, -0.2) is 6.21 Å². The fraction of sp³-hybridized carbons (Fsp3) is 0. The zero-order valence-electron chi connectivity index (χ0n) is 14.7. The molecule has 1 aromatic heterocycles. The smallest absolute Gasteiger partial charge is 0.179 e. The van der Waals surface area contributed by atoms with Crippen molar-refractivity contribution in [3.63, 3.8) is 0 Å². The van der Waals surface area contributed by atoms with Gasteiger partial charge in [-0.2, -0.15) is 0 Å². The summed E-state index contributed by atoms with van der Waals surface area (Å²) < 4.78 is 6.79. The molecule has 5 heteroatoms. The van der Waals surface area contributed by atoms with Crippen LogP contribution in [0, 0.1) is 0 Å². The van der Waals surface area contributed by atoms with Gasteiger partial charge in [-0.1, -0.05) is 65.8 Å². The number of hydrogen-bond acceptors (Lipinski definition) is 3. The number of furan rings is 1. The number of aliphatic imine (C=N–C) groups is 1. The standard InChI is InChI=1S/C23H15BrClNOS/c24-22-14-20(27-23(22)28-21-12-8-18(25)9-13-21)15-26-19-10-6-17(7-11-19)16-4-2-1-3-5-16/h1-15H. The van der Waals surface area contributed by atoms with E-state index >= 15 is 0 Å². The molecular weight excluding hydrogens is 454 g/mol. The summed E-state index contributed by atoms with van der Waals surface area (Å²) in [6, 6.07) is 28.0. The van der Waals surface area contributed by atoms with Crippen LogP contribution in [0.3, 0.4) is 0 Å². The Morgan fingerprint density at radius 2 is 1.54 bits per heavy atom. The highest BCUT2D eigenvalue weighted by molar-refractivity contribution is 9.10. The number of benzene rings is 3. The van der Waals surface area contributed by atoms with Crippen molar-refractivity contribution in [2.45, 2.75) is 9.99 Å². The Bertz CT molecular complexity index is 1090. The lowest BCUT2D eigenvalue weighted by Crippen LogP contribution is -1.77. The van der Waals surface area contributed by atoms with Gasteiger partial charge < -0.3 is 4.42 Å². The Balaban J connectivity index is 1.47. The lowest BCUT2D eigenvalue weighted by Gasteiger charge is -2.01. The summed E-state index contributed by atoms with van der Waals surface area (Å²) in [6.45, 7) is 0. The molecule has 0 aliphatic carbocycles. The van der Waals surface area contributed by atoms with Gasteiger partial charge in [-0.25, -0.2) is 0 Å². The monoisotopic (exact) mass is 467 g/mol. The molecule has 0 saturated heterocycles. The zero-order valence-corrected chi connectivity index (χ0v) is 17.8. The summed E-state index contributed by atoms with van der Waals surface area (Å²) in [5, 5.41) is 1.50. The van der Waals surface area contributed by atoms with Gasteiger partial charge in [-0.05, 0) is 63.5 Å². The molecule has 138 valence electrons. The van der Waals surface area contributed by atoms with E-state index in [4.69, 9.17) is 16.0 Å². The fourth-order valence-electron chi connectivity index (χ4n) is 2.62. The zero-order chi connectivity index (χ0) is 19.3. The van der Waals surface area contributed by atoms with Crippen LogP contribution in [0.25, 0.3) is 11.1 Å². The van der Waals surface area contributed by atoms with E-state index in [2.05, 4.69) is 45.2 Å². The number of hydrogen-bond donors (Lipinski definition) is 0. The summed E-state index contributed by atoms with van der Waals surface area (Å²) in [4.78, 5) is 5.57. The second-order valence-corrected chi connectivity index (χ2v) is 8.35. The van der Waals surface area contributed by atoms with Crippen LogP contribution in [-0.2, 0) is 0 Å². The molecule has 0 N–H and O–H groups in total. The maximum Gasteiger partial charge on any atom is 0.179 e. The highest BCUT2D eigenvalue weighted by Crippen LogP contribution is 2.36. The average molecular weight is 469 g/mol. The van der Waals surface area contributed by atoms with E-state index in [-0.39, 0.29) is 0 Å². The molecule has 0 saturated carbocycles. The van der Waals surface area contributed by atoms with Crippen LogP contribution in [0.4, 0.5) is 5.69 Å². The number of halogens is 2. The maximum absolute atomic E-state index is 5.93. The SMILES string of the molecule is Clc1ccc(Sc2oc(C=Nc3ccc(-c4ccccc4)cc3)cc2Br)cc1. The molecule has 0 bridgehead atoms. The first-order valence-corrected chi connectivity index (χ1v) is 10.6. The summed E-state index contributed by atoms with van der Waals surface area (Å²) in [6.07, 6.45) is 1.73. The molecule has 0 spiro atoms. The van der Waals surface area contributed by atoms with Crippen molar-refractivity contribution in [2.75, 3.05) is 0 Å². The maximum atomic E-state index is 5.93. The molecule has 0 atom stereocenters. The fourth-order valence-corrected chi connectivity index (χ4v) is 4.08. The summed E-state index contributed by atoms with van der Waals surface area (Å²) >= 11 is 11.0. The normalized spacial score (nSPS) is 11.2. The van der Waals surface area contributed by atoms with Gasteiger partial charge in [0.25, 0.3) is 0 Å². The van der Waals surface area contributed by atoms with Gasteiger partial charge in [0.2, 0.25) is 0 Å². The van der Waals surface area contributed by atoms with E-state index < -0.39 is 0 Å². The molecule has 0 aliphatic rings. The molecule has 1 heterocycles. The number of rotatable bonds is 5. The first-order valence-electron chi connectivity index (χ1n) is 8.60. The quantitative estimate of drug-likeness (QED) is 0.275. The summed E-state index contributed by atoms with van der Waals surface area (Å²) in [7, 11) is 0. The number of nitrogens with zero attached hydrogens (tertiary/aromatic N) is 1. The van der Waals surface area contributed by atoms with E-state index in [1.165, 1.54) is 22.9 Å². The molecule has 4 rings (SSSR count). The molecule has 3 aromatic carbocycles. The Hall–Kier alpha value is -2.27. The molecular formula is C23H15BrClNOS. The third-order valence-corrected chi connectivity index (χ3v) is 6.11. The average Bonchev–Trinajstić information content (AvgIpc) is 3.08. The van der Waals surface area contributed by atoms with E-state index in [9.17, 15) is 0 Å². The van der Waals surface area contributed by atoms with Gasteiger partial charge >= 0.3 is 0 Å². The van der Waals surface area contributed by atoms with Crippen molar-refractivity contribution in [2.24, 2.45) is 4.99 Å². The van der Waals surface area contributed by atoms with Crippen molar-refractivity contribution in [3.8, 4) is 11.1 Å². The van der Waals surface area contributed by atoms with Crippen LogP contribution in [0.1, 0.15) is 5.76 Å². The Morgan fingerprint density at radius 3 is 2.25 bits per heavy atom. The van der Waals surface area contributed by atoms with E-state index in [1.807, 2.05) is 60.7 Å². The van der Waals surface area contributed by atoms with Crippen LogP contribution in [0.15, 0.2) is 109 Å². The van der Waals surface area contributed by atoms with Crippen LogP contribution in [0.5, 0.6) is 0 Å². The van der Waals surface area contributed by atoms with Gasteiger partial charge in [0.05, 0.1) is 16.4 Å². The topological polar surface area (TPSA) is 25.5 Å². The van der Waals surface area contributed by atoms with Gasteiger partial charge in [0, 0.05) is 16.0 Å². The second-order valence-electron chi connectivity index (χ2n) is 6.01. The molecule has 0 unspecified atom stereocenters. The first kappa shape index (κ1) is 19.1. The minimum absolute atomic E-state index is 0.690. The molecule has 0 fully saturated rings. The third kappa shape index (κ3) is 4.76. The minimum Gasteiger partial charge on any atom is -0.447 e. The highest BCUT2D eigenvalue weighted by Gasteiger charge is 2.09.